The topological polar surface area (TPSA) is 162 Å². The molecule has 0 heterocycles. The van der Waals surface area contributed by atoms with E-state index in [0.717, 1.165) is 70.7 Å². The first-order chi connectivity index (χ1) is 20.9. The highest BCUT2D eigenvalue weighted by Crippen LogP contribution is 2.13. The van der Waals surface area contributed by atoms with Gasteiger partial charge >= 0.3 is 11.9 Å². The van der Waals surface area contributed by atoms with Gasteiger partial charge in [-0.05, 0) is 25.7 Å². The number of unbranched alkanes of at least 4 members (excludes halogenated alkanes) is 12. The third-order valence-electron chi connectivity index (χ3n) is 6.84. The van der Waals surface area contributed by atoms with Gasteiger partial charge in [-0.1, -0.05) is 119 Å². The Morgan fingerprint density at radius 2 is 1.16 bits per heavy atom. The van der Waals surface area contributed by atoms with Crippen molar-refractivity contribution in [2.24, 2.45) is 5.92 Å². The van der Waals surface area contributed by atoms with Crippen LogP contribution in [0.25, 0.3) is 0 Å². The van der Waals surface area contributed by atoms with Crippen molar-refractivity contribution in [1.29, 1.82) is 0 Å². The van der Waals surface area contributed by atoms with Crippen LogP contribution in [0.3, 0.4) is 0 Å². The molecule has 0 aliphatic carbocycles. The second kappa shape index (κ2) is 35.0. The second-order valence-corrected chi connectivity index (χ2v) is 12.0. The minimum absolute atomic E-state index is 0.154. The van der Waals surface area contributed by atoms with Crippen molar-refractivity contribution in [2.75, 3.05) is 13.1 Å². The molecule has 0 saturated heterocycles. The predicted octanol–water partition coefficient (Wildman–Crippen LogP) is 6.64. The highest BCUT2D eigenvalue weighted by molar-refractivity contribution is 5.83. The zero-order valence-corrected chi connectivity index (χ0v) is 28.9. The van der Waals surface area contributed by atoms with E-state index in [1.807, 2.05) is 34.6 Å². The van der Waals surface area contributed by atoms with E-state index in [0.29, 0.717) is 31.8 Å². The average Bonchev–Trinajstić information content (AvgIpc) is 2.96. The molecule has 10 heteroatoms. The number of carboxylic acid groups (broad SMARTS) is 2. The summed E-state index contributed by atoms with van der Waals surface area (Å²) in [5, 5.41) is 25.8. The minimum Gasteiger partial charge on any atom is -0.481 e. The van der Waals surface area contributed by atoms with Crippen LogP contribution in [0, 0.1) is 5.92 Å². The van der Waals surface area contributed by atoms with E-state index in [-0.39, 0.29) is 17.6 Å². The van der Waals surface area contributed by atoms with Gasteiger partial charge in [-0.25, -0.2) is 4.79 Å². The van der Waals surface area contributed by atoms with Crippen molar-refractivity contribution in [3.05, 3.63) is 0 Å². The maximum Gasteiger partial charge on any atom is 0.326 e. The molecule has 0 aliphatic heterocycles. The van der Waals surface area contributed by atoms with E-state index < -0.39 is 18.0 Å². The molecule has 1 atom stereocenters. The number of nitrogens with one attached hydrogen (secondary N) is 3. The van der Waals surface area contributed by atoms with Gasteiger partial charge < -0.3 is 26.2 Å². The van der Waals surface area contributed by atoms with Crippen molar-refractivity contribution in [3.63, 3.8) is 0 Å². The largest absolute Gasteiger partial charge is 0.481 e. The number of hydrogen-bond donors (Lipinski definition) is 5. The zero-order chi connectivity index (χ0) is 34.0. The molecule has 0 radical (unpaired) electrons. The summed E-state index contributed by atoms with van der Waals surface area (Å²) in [6, 6.07) is -0.345. The maximum absolute atomic E-state index is 11.8. The summed E-state index contributed by atoms with van der Waals surface area (Å²) < 4.78 is 0. The van der Waals surface area contributed by atoms with Gasteiger partial charge in [0, 0.05) is 31.3 Å². The number of rotatable bonds is 27. The van der Waals surface area contributed by atoms with Crippen LogP contribution in [0.15, 0.2) is 0 Å². The van der Waals surface area contributed by atoms with Gasteiger partial charge in [-0.3, -0.25) is 19.2 Å². The fourth-order valence-corrected chi connectivity index (χ4v) is 3.99. The highest BCUT2D eigenvalue weighted by atomic mass is 16.4. The lowest BCUT2D eigenvalue weighted by atomic mass is 10.0. The fraction of sp³-hybridized carbons (Fsp3) is 0.853. The molecule has 0 spiro atoms. The lowest BCUT2D eigenvalue weighted by Gasteiger charge is -2.13. The molecule has 0 aromatic carbocycles. The third kappa shape index (κ3) is 39.5. The molecule has 0 aliphatic rings. The standard InChI is InChI=1S/C21H39NO5.C8H17NO.C5H11NO/c1-2-15-18(21(26)27)22-19(23)16-13-11-9-7-5-3-4-6-8-10-12-14-17-20(24)25;1-6(2)8(10)5-9-7(3)4;1-2-3-4-6-5-7/h18H,2-17H2,1H3,(H,22,23)(H,24,25)(H,26,27);6-7,9H,5H2,1-4H3;5H,2-4H2,1H3,(H,6,7). The Bertz CT molecular complexity index is 715. The summed E-state index contributed by atoms with van der Waals surface area (Å²) in [6.07, 6.45) is 18.1. The van der Waals surface area contributed by atoms with Crippen LogP contribution in [0.5, 0.6) is 0 Å². The molecule has 0 bridgehead atoms. The first kappa shape index (κ1) is 45.9. The first-order valence-electron chi connectivity index (χ1n) is 17.1. The molecular weight excluding hydrogens is 562 g/mol. The number of amides is 2. The molecule has 0 fully saturated rings. The molecule has 1 unspecified atom stereocenters. The average molecular weight is 630 g/mol. The molecule has 0 aromatic rings. The molecule has 0 aromatic heterocycles. The Morgan fingerprint density at radius 3 is 1.52 bits per heavy atom. The van der Waals surface area contributed by atoms with Crippen molar-refractivity contribution in [3.8, 4) is 0 Å². The second-order valence-electron chi connectivity index (χ2n) is 12.0. The number of carbonyl (C=O) groups is 5. The van der Waals surface area contributed by atoms with Gasteiger partial charge in [0.2, 0.25) is 12.3 Å². The molecule has 0 saturated carbocycles. The first-order valence-corrected chi connectivity index (χ1v) is 17.1. The van der Waals surface area contributed by atoms with Gasteiger partial charge in [-0.15, -0.1) is 0 Å². The SMILES string of the molecule is CC(C)NCC(=O)C(C)C.CCCC(NC(=O)CCCCCCCCCCCCCCC(=O)O)C(=O)O.CCCCNC=O. The molecule has 5 N–H and O–H groups in total. The van der Waals surface area contributed by atoms with Crippen LogP contribution in [-0.4, -0.2) is 65.4 Å². The van der Waals surface area contributed by atoms with Gasteiger partial charge in [0.1, 0.15) is 11.8 Å². The quantitative estimate of drug-likeness (QED) is 0.0499. The molecule has 0 rings (SSSR count). The Hall–Kier alpha value is -2.49. The lowest BCUT2D eigenvalue weighted by Crippen LogP contribution is -2.40. The normalized spacial score (nSPS) is 11.1. The van der Waals surface area contributed by atoms with E-state index in [1.165, 1.54) is 38.5 Å². The Morgan fingerprint density at radius 1 is 0.682 bits per heavy atom. The van der Waals surface area contributed by atoms with Crippen LogP contribution in [0.4, 0.5) is 0 Å². The highest BCUT2D eigenvalue weighted by Gasteiger charge is 2.18. The van der Waals surface area contributed by atoms with E-state index in [1.54, 1.807) is 0 Å². The number of carbonyl (C=O) groups excluding carboxylic acids is 3. The molecular formula is C34H67N3O7. The number of aliphatic carboxylic acids is 2. The Balaban J connectivity index is -0.000000802. The third-order valence-corrected chi connectivity index (χ3v) is 6.84. The molecule has 44 heavy (non-hydrogen) atoms. The Kier molecular flexibility index (Phi) is 36.5. The van der Waals surface area contributed by atoms with Crippen molar-refractivity contribution >= 4 is 30.0 Å². The molecule has 260 valence electrons. The fourth-order valence-electron chi connectivity index (χ4n) is 3.99. The summed E-state index contributed by atoms with van der Waals surface area (Å²) in [7, 11) is 0. The van der Waals surface area contributed by atoms with E-state index in [2.05, 4.69) is 22.9 Å². The van der Waals surface area contributed by atoms with Crippen molar-refractivity contribution < 1.29 is 34.2 Å². The number of Topliss-reactive ketones (excluding diaryl/α,β-unsaturated/α-hetero) is 1. The van der Waals surface area contributed by atoms with Crippen LogP contribution in [0.1, 0.15) is 157 Å². The summed E-state index contributed by atoms with van der Waals surface area (Å²) in [5.41, 5.74) is 0. The van der Waals surface area contributed by atoms with Gasteiger partial charge in [0.05, 0.1) is 6.54 Å². The van der Waals surface area contributed by atoms with Gasteiger partial charge in [-0.2, -0.15) is 0 Å². The smallest absolute Gasteiger partial charge is 0.326 e. The van der Waals surface area contributed by atoms with Crippen LogP contribution >= 0.6 is 0 Å². The number of hydrogen-bond acceptors (Lipinski definition) is 6. The summed E-state index contributed by atoms with van der Waals surface area (Å²) in [6.45, 7) is 13.2. The van der Waals surface area contributed by atoms with E-state index in [4.69, 9.17) is 10.2 Å². The van der Waals surface area contributed by atoms with Crippen LogP contribution < -0.4 is 16.0 Å². The predicted molar refractivity (Wildman–Crippen MR) is 179 cm³/mol. The lowest BCUT2D eigenvalue weighted by molar-refractivity contribution is -0.142. The van der Waals surface area contributed by atoms with Crippen molar-refractivity contribution in [1.82, 2.24) is 16.0 Å². The summed E-state index contributed by atoms with van der Waals surface area (Å²) in [4.78, 5) is 53.7. The van der Waals surface area contributed by atoms with Crippen LogP contribution in [-0.2, 0) is 24.0 Å². The maximum atomic E-state index is 11.8. The van der Waals surface area contributed by atoms with Crippen LogP contribution in [0.2, 0.25) is 0 Å². The van der Waals surface area contributed by atoms with Gasteiger partial charge in [0.25, 0.3) is 0 Å². The number of ketones is 1. The van der Waals surface area contributed by atoms with E-state index >= 15 is 0 Å². The molecule has 2 amide bonds. The Labute approximate surface area is 268 Å². The van der Waals surface area contributed by atoms with Gasteiger partial charge in [0.15, 0.2) is 0 Å². The number of carboxylic acids is 2. The minimum atomic E-state index is -0.953. The summed E-state index contributed by atoms with van der Waals surface area (Å²) >= 11 is 0. The van der Waals surface area contributed by atoms with Crippen molar-refractivity contribution in [2.45, 2.75) is 169 Å². The monoisotopic (exact) mass is 629 g/mol. The van der Waals surface area contributed by atoms with E-state index in [9.17, 15) is 24.0 Å². The summed E-state index contributed by atoms with van der Waals surface area (Å²) in [5.74, 6) is -1.36. The zero-order valence-electron chi connectivity index (χ0n) is 28.9. The molecule has 10 nitrogen and oxygen atoms in total.